The van der Waals surface area contributed by atoms with Crippen LogP contribution in [0.25, 0.3) is 16.6 Å². The molecule has 0 atom stereocenters. The lowest BCUT2D eigenvalue weighted by atomic mass is 9.95. The number of amides is 1. The van der Waals surface area contributed by atoms with E-state index in [1.807, 2.05) is 44.2 Å². The average molecular weight is 487 g/mol. The smallest absolute Gasteiger partial charge is 0.223 e. The maximum Gasteiger partial charge on any atom is 0.223 e. The lowest BCUT2D eigenvalue weighted by Crippen LogP contribution is -2.41. The van der Waals surface area contributed by atoms with Crippen molar-refractivity contribution in [3.63, 3.8) is 0 Å². The van der Waals surface area contributed by atoms with Crippen molar-refractivity contribution in [1.29, 1.82) is 0 Å². The van der Waals surface area contributed by atoms with Crippen LogP contribution < -0.4 is 19.7 Å². The first-order chi connectivity index (χ1) is 17.7. The van der Waals surface area contributed by atoms with Crippen LogP contribution in [0.15, 0.2) is 60.8 Å². The zero-order valence-corrected chi connectivity index (χ0v) is 21.1. The van der Waals surface area contributed by atoms with E-state index in [4.69, 9.17) is 14.5 Å². The van der Waals surface area contributed by atoms with Crippen LogP contribution in [0.4, 0.5) is 5.82 Å². The zero-order chi connectivity index (χ0) is 24.9. The summed E-state index contributed by atoms with van der Waals surface area (Å²) in [6.07, 6.45) is 4.49. The third-order valence-corrected chi connectivity index (χ3v) is 6.83. The standard InChI is InChI=1S/C29H34N4O3/c1-3-35-26-12-11-21(20-27(26)36-4-2)13-16-30-29(34)22-14-18-32(19-15-22)28-25-10-7-17-33(25)24-9-6-5-8-23(24)31-28/h5-12,17,20,22H,3-4,13-16,18-19H2,1-2H3,(H,30,34). The molecule has 7 nitrogen and oxygen atoms in total. The molecule has 1 fully saturated rings. The van der Waals surface area contributed by atoms with E-state index >= 15 is 0 Å². The number of hydrogen-bond acceptors (Lipinski definition) is 5. The summed E-state index contributed by atoms with van der Waals surface area (Å²) in [5.74, 6) is 2.69. The maximum absolute atomic E-state index is 12.9. The van der Waals surface area contributed by atoms with Crippen LogP contribution in [0.5, 0.6) is 11.5 Å². The van der Waals surface area contributed by atoms with Crippen molar-refractivity contribution in [3.05, 3.63) is 66.4 Å². The molecule has 3 heterocycles. The van der Waals surface area contributed by atoms with Crippen molar-refractivity contribution in [1.82, 2.24) is 14.7 Å². The monoisotopic (exact) mass is 486 g/mol. The number of anilines is 1. The minimum absolute atomic E-state index is 0.0313. The molecule has 36 heavy (non-hydrogen) atoms. The fourth-order valence-electron chi connectivity index (χ4n) is 5.02. The molecule has 5 rings (SSSR count). The van der Waals surface area contributed by atoms with Gasteiger partial charge in [-0.15, -0.1) is 0 Å². The Kier molecular flexibility index (Phi) is 7.26. The van der Waals surface area contributed by atoms with Crippen LogP contribution >= 0.6 is 0 Å². The first-order valence-electron chi connectivity index (χ1n) is 12.9. The van der Waals surface area contributed by atoms with E-state index in [1.165, 1.54) is 0 Å². The minimum atomic E-state index is 0.0313. The first-order valence-corrected chi connectivity index (χ1v) is 12.9. The van der Waals surface area contributed by atoms with Gasteiger partial charge >= 0.3 is 0 Å². The molecule has 1 N–H and O–H groups in total. The summed E-state index contributed by atoms with van der Waals surface area (Å²) in [4.78, 5) is 20.2. The van der Waals surface area contributed by atoms with Crippen molar-refractivity contribution in [2.24, 2.45) is 5.92 Å². The summed E-state index contributed by atoms with van der Waals surface area (Å²) >= 11 is 0. The summed E-state index contributed by atoms with van der Waals surface area (Å²) < 4.78 is 13.6. The molecule has 0 spiro atoms. The van der Waals surface area contributed by atoms with Crippen LogP contribution in [0.3, 0.4) is 0 Å². The molecule has 2 aromatic heterocycles. The van der Waals surface area contributed by atoms with Gasteiger partial charge in [-0.2, -0.15) is 0 Å². The van der Waals surface area contributed by atoms with Gasteiger partial charge in [0.25, 0.3) is 0 Å². The second-order valence-corrected chi connectivity index (χ2v) is 9.14. The lowest BCUT2D eigenvalue weighted by molar-refractivity contribution is -0.125. The van der Waals surface area contributed by atoms with Gasteiger partial charge in [0.2, 0.25) is 5.91 Å². The van der Waals surface area contributed by atoms with Gasteiger partial charge in [0, 0.05) is 31.7 Å². The number of carbonyl (C=O) groups excluding carboxylic acids is 1. The van der Waals surface area contributed by atoms with Crippen LogP contribution in [0, 0.1) is 5.92 Å². The Hall–Kier alpha value is -3.74. The minimum Gasteiger partial charge on any atom is -0.490 e. The predicted octanol–water partition coefficient (Wildman–Crippen LogP) is 4.86. The van der Waals surface area contributed by atoms with Crippen LogP contribution in [0.1, 0.15) is 32.3 Å². The highest BCUT2D eigenvalue weighted by Crippen LogP contribution is 2.30. The van der Waals surface area contributed by atoms with Crippen LogP contribution in [-0.2, 0) is 11.2 Å². The van der Waals surface area contributed by atoms with Gasteiger partial charge in [0.1, 0.15) is 0 Å². The van der Waals surface area contributed by atoms with Crippen molar-refractivity contribution in [3.8, 4) is 11.5 Å². The second kappa shape index (κ2) is 10.9. The van der Waals surface area contributed by atoms with Crippen LogP contribution in [0.2, 0.25) is 0 Å². The quantitative estimate of drug-likeness (QED) is 0.366. The van der Waals surface area contributed by atoms with E-state index in [0.29, 0.717) is 19.8 Å². The third kappa shape index (κ3) is 4.96. The number of para-hydroxylation sites is 2. The largest absolute Gasteiger partial charge is 0.490 e. The number of carbonyl (C=O) groups is 1. The van der Waals surface area contributed by atoms with E-state index in [1.54, 1.807) is 0 Å². The lowest BCUT2D eigenvalue weighted by Gasteiger charge is -2.32. The van der Waals surface area contributed by atoms with E-state index in [9.17, 15) is 4.79 Å². The highest BCUT2D eigenvalue weighted by atomic mass is 16.5. The average Bonchev–Trinajstić information content (AvgIpc) is 3.40. The van der Waals surface area contributed by atoms with Crippen molar-refractivity contribution in [2.75, 3.05) is 37.7 Å². The molecular formula is C29H34N4O3. The maximum atomic E-state index is 12.9. The Morgan fingerprint density at radius 3 is 2.53 bits per heavy atom. The van der Waals surface area contributed by atoms with E-state index in [-0.39, 0.29) is 11.8 Å². The van der Waals surface area contributed by atoms with Gasteiger partial charge in [-0.1, -0.05) is 18.2 Å². The summed E-state index contributed by atoms with van der Waals surface area (Å²) in [5, 5.41) is 3.15. The molecule has 1 saturated heterocycles. The summed E-state index contributed by atoms with van der Waals surface area (Å²) in [7, 11) is 0. The van der Waals surface area contributed by atoms with Gasteiger partial charge in [-0.3, -0.25) is 4.79 Å². The van der Waals surface area contributed by atoms with E-state index < -0.39 is 0 Å². The molecule has 0 unspecified atom stereocenters. The van der Waals surface area contributed by atoms with Gasteiger partial charge in [0.05, 0.1) is 29.8 Å². The number of ether oxygens (including phenoxy) is 2. The summed E-state index contributed by atoms with van der Waals surface area (Å²) in [6.45, 7) is 7.36. The number of fused-ring (bicyclic) bond motifs is 3. The van der Waals surface area contributed by atoms with Crippen molar-refractivity contribution >= 4 is 28.3 Å². The molecule has 0 saturated carbocycles. The molecule has 1 amide bonds. The number of benzene rings is 2. The molecule has 0 aliphatic carbocycles. The Labute approximate surface area is 212 Å². The predicted molar refractivity (Wildman–Crippen MR) is 143 cm³/mol. The first kappa shape index (κ1) is 24.0. The molecule has 7 heteroatoms. The number of nitrogens with one attached hydrogen (secondary N) is 1. The molecule has 0 radical (unpaired) electrons. The molecule has 188 valence electrons. The van der Waals surface area contributed by atoms with Gasteiger partial charge in [-0.25, -0.2) is 4.98 Å². The molecule has 1 aliphatic heterocycles. The Bertz CT molecular complexity index is 1340. The number of hydrogen-bond donors (Lipinski definition) is 1. The fraction of sp³-hybridized carbons (Fsp3) is 0.379. The molecule has 2 aromatic carbocycles. The topological polar surface area (TPSA) is 68.1 Å². The van der Waals surface area contributed by atoms with Gasteiger partial charge in [0.15, 0.2) is 17.3 Å². The van der Waals surface area contributed by atoms with Crippen LogP contribution in [-0.4, -0.2) is 48.1 Å². The number of aromatic nitrogens is 2. The second-order valence-electron chi connectivity index (χ2n) is 9.14. The molecule has 1 aliphatic rings. The Morgan fingerprint density at radius 2 is 1.72 bits per heavy atom. The Balaban J connectivity index is 1.17. The normalized spacial score (nSPS) is 14.3. The SMILES string of the molecule is CCOc1ccc(CCNC(=O)C2CCN(c3nc4ccccc4n4cccc34)CC2)cc1OCC. The fourth-order valence-corrected chi connectivity index (χ4v) is 5.02. The molecular weight excluding hydrogens is 452 g/mol. The Morgan fingerprint density at radius 1 is 0.972 bits per heavy atom. The third-order valence-electron chi connectivity index (χ3n) is 6.83. The van der Waals surface area contributed by atoms with Crippen molar-refractivity contribution < 1.29 is 14.3 Å². The number of rotatable bonds is 9. The summed E-state index contributed by atoms with van der Waals surface area (Å²) in [5.41, 5.74) is 4.32. The zero-order valence-electron chi connectivity index (χ0n) is 21.1. The van der Waals surface area contributed by atoms with Gasteiger partial charge in [-0.05, 0) is 75.1 Å². The summed E-state index contributed by atoms with van der Waals surface area (Å²) in [6, 6.07) is 18.4. The molecule has 0 bridgehead atoms. The van der Waals surface area contributed by atoms with E-state index in [0.717, 1.165) is 71.8 Å². The highest BCUT2D eigenvalue weighted by molar-refractivity contribution is 5.85. The van der Waals surface area contributed by atoms with E-state index in [2.05, 4.69) is 45.1 Å². The number of nitrogens with zero attached hydrogens (tertiary/aromatic N) is 3. The van der Waals surface area contributed by atoms with Crippen molar-refractivity contribution in [2.45, 2.75) is 33.1 Å². The number of piperidine rings is 1. The highest BCUT2D eigenvalue weighted by Gasteiger charge is 2.26. The molecule has 4 aromatic rings. The van der Waals surface area contributed by atoms with Gasteiger partial charge < -0.3 is 24.1 Å².